The highest BCUT2D eigenvalue weighted by atomic mass is 16.1. The largest absolute Gasteiger partial charge is 0.356 e. The summed E-state index contributed by atoms with van der Waals surface area (Å²) in [6.45, 7) is 8.80. The van der Waals surface area contributed by atoms with Gasteiger partial charge in [0.05, 0.1) is 11.6 Å². The summed E-state index contributed by atoms with van der Waals surface area (Å²) >= 11 is 0. The summed E-state index contributed by atoms with van der Waals surface area (Å²) in [7, 11) is 0. The van der Waals surface area contributed by atoms with Gasteiger partial charge in [-0.25, -0.2) is 9.50 Å². The molecule has 2 aromatic heterocycles. The number of piperidine rings is 1. The van der Waals surface area contributed by atoms with Gasteiger partial charge in [-0.3, -0.25) is 4.79 Å². The average molecular weight is 420 g/mol. The lowest BCUT2D eigenvalue weighted by Gasteiger charge is -2.33. The molecule has 1 fully saturated rings. The van der Waals surface area contributed by atoms with E-state index in [9.17, 15) is 4.79 Å². The van der Waals surface area contributed by atoms with Gasteiger partial charge in [-0.1, -0.05) is 43.5 Å². The Kier molecular flexibility index (Phi) is 6.54. The zero-order valence-electron chi connectivity index (χ0n) is 18.9. The molecule has 31 heavy (non-hydrogen) atoms. The second-order valence-electron chi connectivity index (χ2n) is 8.71. The molecule has 1 atom stereocenters. The number of fused-ring (bicyclic) bond motifs is 1. The summed E-state index contributed by atoms with van der Waals surface area (Å²) in [5, 5.41) is 7.94. The second kappa shape index (κ2) is 9.50. The standard InChI is InChI=1S/C25H33N5O/c1-4-5-6-11-27-25(31)20-8-7-13-29(17-20)24-23-16-22(28-30(23)14-12-26-24)21-10-9-18(2)15-19(21)3/h9-10,12,14-16,20H,4-8,11,13,17H2,1-3H3,(H,27,31)/t20-/m1/s1. The van der Waals surface area contributed by atoms with Crippen LogP contribution in [0.15, 0.2) is 36.7 Å². The van der Waals surface area contributed by atoms with Gasteiger partial charge in [-0.15, -0.1) is 0 Å². The number of anilines is 1. The van der Waals surface area contributed by atoms with Crippen LogP contribution in [0, 0.1) is 19.8 Å². The number of aryl methyl sites for hydroxylation is 2. The highest BCUT2D eigenvalue weighted by Gasteiger charge is 2.27. The van der Waals surface area contributed by atoms with Gasteiger partial charge < -0.3 is 10.2 Å². The van der Waals surface area contributed by atoms with Crippen LogP contribution in [0.3, 0.4) is 0 Å². The Morgan fingerprint density at radius 1 is 1.23 bits per heavy atom. The molecule has 164 valence electrons. The Balaban J connectivity index is 1.55. The average Bonchev–Trinajstić information content (AvgIpc) is 3.20. The van der Waals surface area contributed by atoms with E-state index in [0.717, 1.165) is 67.8 Å². The number of rotatable bonds is 7. The molecule has 0 unspecified atom stereocenters. The number of hydrogen-bond acceptors (Lipinski definition) is 4. The van der Waals surface area contributed by atoms with Gasteiger partial charge in [-0.05, 0) is 44.7 Å². The molecule has 0 spiro atoms. The Labute approximate surface area is 184 Å². The van der Waals surface area contributed by atoms with Crippen LogP contribution in [0.2, 0.25) is 0 Å². The fraction of sp³-hybridized carbons (Fsp3) is 0.480. The molecule has 0 bridgehead atoms. The molecule has 4 rings (SSSR count). The fourth-order valence-electron chi connectivity index (χ4n) is 4.50. The van der Waals surface area contributed by atoms with E-state index in [4.69, 9.17) is 5.10 Å². The maximum atomic E-state index is 12.7. The monoisotopic (exact) mass is 419 g/mol. The predicted molar refractivity (Wildman–Crippen MR) is 125 cm³/mol. The van der Waals surface area contributed by atoms with Crippen LogP contribution in [0.1, 0.15) is 50.2 Å². The van der Waals surface area contributed by atoms with Crippen LogP contribution in [-0.2, 0) is 4.79 Å². The maximum Gasteiger partial charge on any atom is 0.224 e. The summed E-state index contributed by atoms with van der Waals surface area (Å²) in [5.74, 6) is 1.10. The summed E-state index contributed by atoms with van der Waals surface area (Å²) < 4.78 is 1.91. The first kappa shape index (κ1) is 21.3. The van der Waals surface area contributed by atoms with Crippen molar-refractivity contribution in [1.82, 2.24) is 19.9 Å². The minimum atomic E-state index is 0.0131. The lowest BCUT2D eigenvalue weighted by atomic mass is 9.97. The molecule has 1 N–H and O–H groups in total. The highest BCUT2D eigenvalue weighted by Crippen LogP contribution is 2.29. The van der Waals surface area contributed by atoms with E-state index in [1.165, 1.54) is 11.1 Å². The van der Waals surface area contributed by atoms with E-state index in [1.54, 1.807) is 6.20 Å². The van der Waals surface area contributed by atoms with Crippen molar-refractivity contribution in [1.29, 1.82) is 0 Å². The number of carbonyl (C=O) groups is 1. The van der Waals surface area contributed by atoms with Crippen molar-refractivity contribution in [2.75, 3.05) is 24.5 Å². The van der Waals surface area contributed by atoms with Crippen molar-refractivity contribution in [3.8, 4) is 11.3 Å². The Hall–Kier alpha value is -2.89. The molecule has 1 aromatic carbocycles. The van der Waals surface area contributed by atoms with Crippen molar-refractivity contribution in [2.45, 2.75) is 52.9 Å². The van der Waals surface area contributed by atoms with Gasteiger partial charge in [-0.2, -0.15) is 5.10 Å². The molecule has 1 amide bonds. The van der Waals surface area contributed by atoms with Gasteiger partial charge in [0, 0.05) is 37.6 Å². The van der Waals surface area contributed by atoms with Crippen LogP contribution >= 0.6 is 0 Å². The molecule has 6 nitrogen and oxygen atoms in total. The first-order valence-corrected chi connectivity index (χ1v) is 11.5. The molecule has 3 heterocycles. The zero-order chi connectivity index (χ0) is 21.8. The van der Waals surface area contributed by atoms with E-state index >= 15 is 0 Å². The molecule has 1 saturated heterocycles. The highest BCUT2D eigenvalue weighted by molar-refractivity contribution is 5.81. The van der Waals surface area contributed by atoms with Gasteiger partial charge in [0.15, 0.2) is 5.82 Å². The van der Waals surface area contributed by atoms with Crippen LogP contribution in [0.4, 0.5) is 5.82 Å². The number of nitrogens with one attached hydrogen (secondary N) is 1. The Bertz CT molecular complexity index is 1060. The molecular formula is C25H33N5O. The van der Waals surface area contributed by atoms with Gasteiger partial charge in [0.2, 0.25) is 5.91 Å². The summed E-state index contributed by atoms with van der Waals surface area (Å²) in [4.78, 5) is 19.6. The normalized spacial score (nSPS) is 16.6. The van der Waals surface area contributed by atoms with E-state index < -0.39 is 0 Å². The van der Waals surface area contributed by atoms with Crippen molar-refractivity contribution in [2.24, 2.45) is 5.92 Å². The lowest BCUT2D eigenvalue weighted by molar-refractivity contribution is -0.125. The van der Waals surface area contributed by atoms with Crippen LogP contribution < -0.4 is 10.2 Å². The van der Waals surface area contributed by atoms with Crippen LogP contribution in [-0.4, -0.2) is 40.1 Å². The minimum Gasteiger partial charge on any atom is -0.356 e. The number of benzene rings is 1. The number of nitrogens with zero attached hydrogens (tertiary/aromatic N) is 4. The fourth-order valence-corrected chi connectivity index (χ4v) is 4.50. The lowest BCUT2D eigenvalue weighted by Crippen LogP contribution is -2.43. The van der Waals surface area contributed by atoms with Crippen molar-refractivity contribution < 1.29 is 4.79 Å². The van der Waals surface area contributed by atoms with Crippen molar-refractivity contribution >= 4 is 17.2 Å². The summed E-state index contributed by atoms with van der Waals surface area (Å²) in [6, 6.07) is 8.57. The molecule has 0 aliphatic carbocycles. The smallest absolute Gasteiger partial charge is 0.224 e. The van der Waals surface area contributed by atoms with Crippen molar-refractivity contribution in [3.63, 3.8) is 0 Å². The first-order valence-electron chi connectivity index (χ1n) is 11.5. The minimum absolute atomic E-state index is 0.0131. The number of carbonyl (C=O) groups excluding carboxylic acids is 1. The quantitative estimate of drug-likeness (QED) is 0.571. The molecule has 1 aliphatic rings. The third-order valence-electron chi connectivity index (χ3n) is 6.20. The van der Waals surface area contributed by atoms with E-state index in [2.05, 4.69) is 60.2 Å². The van der Waals surface area contributed by atoms with E-state index in [-0.39, 0.29) is 11.8 Å². The number of unbranched alkanes of at least 4 members (excludes halogenated alkanes) is 2. The summed E-state index contributed by atoms with van der Waals surface area (Å²) in [6.07, 6.45) is 9.01. The first-order chi connectivity index (χ1) is 15.1. The molecular weight excluding hydrogens is 386 g/mol. The van der Waals surface area contributed by atoms with E-state index in [0.29, 0.717) is 6.54 Å². The molecule has 0 radical (unpaired) electrons. The van der Waals surface area contributed by atoms with Gasteiger partial charge >= 0.3 is 0 Å². The molecule has 3 aromatic rings. The Morgan fingerprint density at radius 3 is 2.90 bits per heavy atom. The number of aromatic nitrogens is 3. The second-order valence-corrected chi connectivity index (χ2v) is 8.71. The summed E-state index contributed by atoms with van der Waals surface area (Å²) in [5.41, 5.74) is 5.55. The molecule has 0 saturated carbocycles. The van der Waals surface area contributed by atoms with Crippen molar-refractivity contribution in [3.05, 3.63) is 47.8 Å². The zero-order valence-corrected chi connectivity index (χ0v) is 18.9. The Morgan fingerprint density at radius 2 is 2.10 bits per heavy atom. The van der Waals surface area contributed by atoms with Crippen LogP contribution in [0.5, 0.6) is 0 Å². The number of amides is 1. The third kappa shape index (κ3) is 4.73. The maximum absolute atomic E-state index is 12.7. The SMILES string of the molecule is CCCCCNC(=O)[C@@H]1CCCN(c2nccn3nc(-c4ccc(C)cc4C)cc23)C1. The topological polar surface area (TPSA) is 62.5 Å². The molecule has 6 heteroatoms. The number of hydrogen-bond donors (Lipinski definition) is 1. The predicted octanol–water partition coefficient (Wildman–Crippen LogP) is 4.54. The molecule has 1 aliphatic heterocycles. The third-order valence-corrected chi connectivity index (χ3v) is 6.20. The van der Waals surface area contributed by atoms with Gasteiger partial charge in [0.25, 0.3) is 0 Å². The van der Waals surface area contributed by atoms with Gasteiger partial charge in [0.1, 0.15) is 5.52 Å². The van der Waals surface area contributed by atoms with Crippen LogP contribution in [0.25, 0.3) is 16.8 Å². The van der Waals surface area contributed by atoms with E-state index in [1.807, 2.05) is 10.7 Å².